The molecule has 1 heteroatoms. The molecule has 2 aromatic rings. The van der Waals surface area contributed by atoms with Gasteiger partial charge in [-0.2, -0.15) is 0 Å². The van der Waals surface area contributed by atoms with Gasteiger partial charge in [0.1, 0.15) is 0 Å². The molecule has 0 radical (unpaired) electrons. The smallest absolute Gasteiger partial charge is 0.00780 e. The van der Waals surface area contributed by atoms with Gasteiger partial charge in [-0.1, -0.05) is 69.7 Å². The summed E-state index contributed by atoms with van der Waals surface area (Å²) in [5, 5.41) is 2.72. The van der Waals surface area contributed by atoms with Crippen LogP contribution >= 0.6 is 0 Å². The molecule has 1 nitrogen and oxygen atoms in total. The first-order chi connectivity index (χ1) is 10.00. The normalized spacial score (nSPS) is 27.0. The topological polar surface area (TPSA) is 26.0 Å². The monoisotopic (exact) mass is 281 g/mol. The Labute approximate surface area is 128 Å². The van der Waals surface area contributed by atoms with Gasteiger partial charge < -0.3 is 5.73 Å². The maximum Gasteiger partial charge on any atom is 0.00780 e. The van der Waals surface area contributed by atoms with Gasteiger partial charge in [-0.15, -0.1) is 0 Å². The van der Waals surface area contributed by atoms with Gasteiger partial charge in [-0.3, -0.25) is 0 Å². The van der Waals surface area contributed by atoms with Gasteiger partial charge in [-0.05, 0) is 46.4 Å². The molecule has 21 heavy (non-hydrogen) atoms. The Morgan fingerprint density at radius 1 is 1.00 bits per heavy atom. The Bertz CT molecular complexity index is 623. The second-order valence-corrected chi connectivity index (χ2v) is 7.44. The minimum absolute atomic E-state index is 0.125. The quantitative estimate of drug-likeness (QED) is 0.834. The Balaban J connectivity index is 2.04. The fraction of sp³-hybridized carbons (Fsp3) is 0.500. The molecule has 1 aliphatic carbocycles. The molecule has 1 aliphatic rings. The van der Waals surface area contributed by atoms with Crippen LogP contribution in [0.4, 0.5) is 0 Å². The fourth-order valence-corrected chi connectivity index (χ4v) is 4.31. The summed E-state index contributed by atoms with van der Waals surface area (Å²) >= 11 is 0. The third-order valence-electron chi connectivity index (χ3n) is 5.57. The number of fused-ring (bicyclic) bond motifs is 1. The lowest BCUT2D eigenvalue weighted by Gasteiger charge is -2.43. The second kappa shape index (κ2) is 5.46. The predicted molar refractivity (Wildman–Crippen MR) is 91.5 cm³/mol. The van der Waals surface area contributed by atoms with Gasteiger partial charge in [0.25, 0.3) is 0 Å². The van der Waals surface area contributed by atoms with Crippen LogP contribution in [0.5, 0.6) is 0 Å². The molecule has 3 atom stereocenters. The highest BCUT2D eigenvalue weighted by molar-refractivity contribution is 5.86. The van der Waals surface area contributed by atoms with Crippen LogP contribution in [0.1, 0.15) is 45.6 Å². The SMILES string of the molecule is CC1CCC(C(C)(C)c2cccc3ccccc23)C(N)C1. The summed E-state index contributed by atoms with van der Waals surface area (Å²) in [5.41, 5.74) is 8.12. The summed E-state index contributed by atoms with van der Waals surface area (Å²) in [6.07, 6.45) is 3.73. The zero-order chi connectivity index (χ0) is 15.0. The van der Waals surface area contributed by atoms with Crippen molar-refractivity contribution in [1.82, 2.24) is 0 Å². The van der Waals surface area contributed by atoms with Crippen LogP contribution in [0.3, 0.4) is 0 Å². The third-order valence-corrected chi connectivity index (χ3v) is 5.57. The summed E-state index contributed by atoms with van der Waals surface area (Å²) in [6, 6.07) is 15.7. The van der Waals surface area contributed by atoms with Crippen LogP contribution in [-0.2, 0) is 5.41 Å². The van der Waals surface area contributed by atoms with Crippen LogP contribution in [0.15, 0.2) is 42.5 Å². The minimum Gasteiger partial charge on any atom is -0.327 e. The van der Waals surface area contributed by atoms with Crippen LogP contribution in [0.25, 0.3) is 10.8 Å². The van der Waals surface area contributed by atoms with Crippen LogP contribution < -0.4 is 5.73 Å². The maximum absolute atomic E-state index is 6.54. The zero-order valence-corrected chi connectivity index (χ0v) is 13.5. The van der Waals surface area contributed by atoms with E-state index in [0.29, 0.717) is 12.0 Å². The lowest BCUT2D eigenvalue weighted by Crippen LogP contribution is -2.45. The largest absolute Gasteiger partial charge is 0.327 e. The Morgan fingerprint density at radius 2 is 1.71 bits per heavy atom. The van der Waals surface area contributed by atoms with Crippen molar-refractivity contribution in [2.24, 2.45) is 17.6 Å². The Kier molecular flexibility index (Phi) is 3.79. The summed E-state index contributed by atoms with van der Waals surface area (Å²) in [4.78, 5) is 0. The molecule has 2 aromatic carbocycles. The van der Waals surface area contributed by atoms with Gasteiger partial charge in [0.05, 0.1) is 0 Å². The van der Waals surface area contributed by atoms with Crippen molar-refractivity contribution < 1.29 is 0 Å². The van der Waals surface area contributed by atoms with E-state index in [4.69, 9.17) is 5.73 Å². The highest BCUT2D eigenvalue weighted by Crippen LogP contribution is 2.43. The van der Waals surface area contributed by atoms with Crippen molar-refractivity contribution in [2.45, 2.75) is 51.5 Å². The van der Waals surface area contributed by atoms with Crippen molar-refractivity contribution in [3.8, 4) is 0 Å². The van der Waals surface area contributed by atoms with Gasteiger partial charge in [-0.25, -0.2) is 0 Å². The highest BCUT2D eigenvalue weighted by Gasteiger charge is 2.38. The van der Waals surface area contributed by atoms with E-state index in [1.807, 2.05) is 0 Å². The van der Waals surface area contributed by atoms with Gasteiger partial charge in [0.15, 0.2) is 0 Å². The van der Waals surface area contributed by atoms with Crippen molar-refractivity contribution in [3.63, 3.8) is 0 Å². The van der Waals surface area contributed by atoms with E-state index in [0.717, 1.165) is 5.92 Å². The molecule has 2 N–H and O–H groups in total. The molecule has 112 valence electrons. The molecule has 0 heterocycles. The van der Waals surface area contributed by atoms with E-state index in [9.17, 15) is 0 Å². The zero-order valence-electron chi connectivity index (χ0n) is 13.5. The first kappa shape index (κ1) is 14.6. The number of rotatable bonds is 2. The third kappa shape index (κ3) is 2.60. The number of hydrogen-bond acceptors (Lipinski definition) is 1. The average Bonchev–Trinajstić information content (AvgIpc) is 2.46. The molecule has 0 amide bonds. The van der Waals surface area contributed by atoms with Gasteiger partial charge in [0.2, 0.25) is 0 Å². The molecule has 3 rings (SSSR count). The van der Waals surface area contributed by atoms with E-state index >= 15 is 0 Å². The van der Waals surface area contributed by atoms with Crippen molar-refractivity contribution in [1.29, 1.82) is 0 Å². The standard InChI is InChI=1S/C20H27N/c1-14-11-12-18(19(21)13-14)20(2,3)17-10-6-8-15-7-4-5-9-16(15)17/h4-10,14,18-19H,11-13,21H2,1-3H3. The molecule has 0 saturated heterocycles. The van der Waals surface area contributed by atoms with Gasteiger partial charge >= 0.3 is 0 Å². The molecule has 0 aromatic heterocycles. The molecule has 3 unspecified atom stereocenters. The first-order valence-corrected chi connectivity index (χ1v) is 8.24. The van der Waals surface area contributed by atoms with Gasteiger partial charge in [0, 0.05) is 6.04 Å². The number of hydrogen-bond donors (Lipinski definition) is 1. The Hall–Kier alpha value is -1.34. The lowest BCUT2D eigenvalue weighted by atomic mass is 9.63. The van der Waals surface area contributed by atoms with Crippen LogP contribution in [-0.4, -0.2) is 6.04 Å². The van der Waals surface area contributed by atoms with Crippen molar-refractivity contribution in [2.75, 3.05) is 0 Å². The highest BCUT2D eigenvalue weighted by atomic mass is 14.7. The van der Waals surface area contributed by atoms with Crippen molar-refractivity contribution in [3.05, 3.63) is 48.0 Å². The summed E-state index contributed by atoms with van der Waals surface area (Å²) in [5.74, 6) is 1.35. The molecule has 1 saturated carbocycles. The van der Waals surface area contributed by atoms with E-state index in [1.54, 1.807) is 0 Å². The number of nitrogens with two attached hydrogens (primary N) is 1. The maximum atomic E-state index is 6.54. The van der Waals surface area contributed by atoms with Crippen LogP contribution in [0.2, 0.25) is 0 Å². The molecule has 0 spiro atoms. The summed E-state index contributed by atoms with van der Waals surface area (Å²) < 4.78 is 0. The fourth-order valence-electron chi connectivity index (χ4n) is 4.31. The second-order valence-electron chi connectivity index (χ2n) is 7.44. The minimum atomic E-state index is 0.125. The van der Waals surface area contributed by atoms with E-state index in [-0.39, 0.29) is 5.41 Å². The number of benzene rings is 2. The predicted octanol–water partition coefficient (Wildman–Crippen LogP) is 4.88. The average molecular weight is 281 g/mol. The summed E-state index contributed by atoms with van der Waals surface area (Å²) in [6.45, 7) is 7.10. The van der Waals surface area contributed by atoms with Crippen LogP contribution in [0, 0.1) is 11.8 Å². The lowest BCUT2D eigenvalue weighted by molar-refractivity contribution is 0.172. The molecular formula is C20H27N. The molecule has 0 aliphatic heterocycles. The molecule has 0 bridgehead atoms. The van der Waals surface area contributed by atoms with Crippen molar-refractivity contribution >= 4 is 10.8 Å². The molecule has 1 fully saturated rings. The van der Waals surface area contributed by atoms with E-state index in [2.05, 4.69) is 63.2 Å². The Morgan fingerprint density at radius 3 is 2.48 bits per heavy atom. The first-order valence-electron chi connectivity index (χ1n) is 8.24. The van der Waals surface area contributed by atoms with E-state index in [1.165, 1.54) is 35.6 Å². The molecular weight excluding hydrogens is 254 g/mol. The van der Waals surface area contributed by atoms with E-state index < -0.39 is 0 Å². The summed E-state index contributed by atoms with van der Waals surface area (Å²) in [7, 11) is 0.